The molecule has 7 nitrogen and oxygen atoms in total. The molecular weight excluding hydrogens is 440 g/mol. The molecule has 0 unspecified atom stereocenters. The van der Waals surface area contributed by atoms with Gasteiger partial charge in [0.15, 0.2) is 6.61 Å². The molecule has 1 fully saturated rings. The van der Waals surface area contributed by atoms with Gasteiger partial charge in [-0.3, -0.25) is 9.59 Å². The van der Waals surface area contributed by atoms with Gasteiger partial charge in [-0.2, -0.15) is 8.78 Å². The number of likely N-dealkylation sites (N-methyl/N-ethyl adjacent to an activating group) is 1. The monoisotopic (exact) mass is 463 g/mol. The maximum atomic E-state index is 12.5. The second kappa shape index (κ2) is 10.9. The van der Waals surface area contributed by atoms with E-state index in [2.05, 4.69) is 10.6 Å². The van der Waals surface area contributed by atoms with Crippen molar-refractivity contribution in [2.75, 3.05) is 25.5 Å². The molecule has 10 heteroatoms. The van der Waals surface area contributed by atoms with Gasteiger partial charge in [0.1, 0.15) is 0 Å². The number of hydrogen-bond acceptors (Lipinski definition) is 6. The molecule has 3 rings (SSSR count). The van der Waals surface area contributed by atoms with Crippen LogP contribution in [-0.4, -0.2) is 54.7 Å². The number of hydrogen-bond donors (Lipinski definition) is 2. The van der Waals surface area contributed by atoms with Crippen molar-refractivity contribution < 1.29 is 27.9 Å². The molecule has 1 aliphatic rings. The van der Waals surface area contributed by atoms with Gasteiger partial charge in [0, 0.05) is 23.7 Å². The van der Waals surface area contributed by atoms with E-state index in [-0.39, 0.29) is 24.1 Å². The van der Waals surface area contributed by atoms with Crippen LogP contribution < -0.4 is 10.6 Å². The van der Waals surface area contributed by atoms with Crippen LogP contribution in [0.4, 0.5) is 20.2 Å². The molecule has 1 saturated carbocycles. The Bertz CT molecular complexity index is 968. The van der Waals surface area contributed by atoms with Gasteiger partial charge in [0.05, 0.1) is 17.8 Å². The van der Waals surface area contributed by atoms with Crippen LogP contribution in [0.25, 0.3) is 0 Å². The van der Waals surface area contributed by atoms with Gasteiger partial charge < -0.3 is 20.3 Å². The fourth-order valence-electron chi connectivity index (χ4n) is 2.77. The fraction of sp³-hybridized carbons (Fsp3) is 0.318. The van der Waals surface area contributed by atoms with Crippen molar-refractivity contribution in [3.05, 3.63) is 54.1 Å². The van der Waals surface area contributed by atoms with Gasteiger partial charge in [0.25, 0.3) is 11.7 Å². The highest BCUT2D eigenvalue weighted by Gasteiger charge is 2.24. The number of esters is 1. The Morgan fingerprint density at radius 3 is 2.47 bits per heavy atom. The van der Waals surface area contributed by atoms with Crippen LogP contribution in [0.3, 0.4) is 0 Å². The Hall–Kier alpha value is -3.14. The predicted octanol–water partition coefficient (Wildman–Crippen LogP) is 3.64. The lowest BCUT2D eigenvalue weighted by atomic mass is 10.1. The van der Waals surface area contributed by atoms with Gasteiger partial charge >= 0.3 is 5.97 Å². The average molecular weight is 464 g/mol. The van der Waals surface area contributed by atoms with Gasteiger partial charge in [-0.1, -0.05) is 23.9 Å². The van der Waals surface area contributed by atoms with E-state index in [1.807, 2.05) is 0 Å². The summed E-state index contributed by atoms with van der Waals surface area (Å²) in [4.78, 5) is 38.2. The first-order chi connectivity index (χ1) is 15.3. The second-order valence-corrected chi connectivity index (χ2v) is 8.30. The Kier molecular flexibility index (Phi) is 8.04. The third-order valence-electron chi connectivity index (χ3n) is 4.58. The van der Waals surface area contributed by atoms with Crippen molar-refractivity contribution in [1.29, 1.82) is 0 Å². The largest absolute Gasteiger partial charge is 0.452 e. The molecule has 1 aliphatic carbocycles. The minimum absolute atomic E-state index is 0.106. The van der Waals surface area contributed by atoms with Crippen molar-refractivity contribution in [3.8, 4) is 0 Å². The number of anilines is 2. The summed E-state index contributed by atoms with van der Waals surface area (Å²) in [6.07, 6.45) is 1.90. The summed E-state index contributed by atoms with van der Waals surface area (Å²) >= 11 is 0.446. The standard InChI is InChI=1S/C22H23F2N3O4S/c1-27(12-19(28)26-15-6-7-15)20(29)13-31-21(30)17-4-2-3-5-18(17)25-14-8-10-16(11-9-14)32-22(23)24/h2-5,8-11,15,22,25H,6-7,12-13H2,1H3,(H,26,28). The molecule has 0 bridgehead atoms. The number of alkyl halides is 2. The number of carbonyl (C=O) groups excluding carboxylic acids is 3. The Morgan fingerprint density at radius 2 is 1.81 bits per heavy atom. The number of carbonyl (C=O) groups is 3. The summed E-state index contributed by atoms with van der Waals surface area (Å²) in [6.45, 7) is -0.606. The Labute approximate surface area is 188 Å². The fourth-order valence-corrected chi connectivity index (χ4v) is 3.26. The van der Waals surface area contributed by atoms with Crippen molar-refractivity contribution in [1.82, 2.24) is 10.2 Å². The molecule has 0 aromatic heterocycles. The first-order valence-electron chi connectivity index (χ1n) is 9.93. The van der Waals surface area contributed by atoms with E-state index in [4.69, 9.17) is 4.74 Å². The molecule has 2 amide bonds. The Balaban J connectivity index is 1.55. The zero-order valence-corrected chi connectivity index (χ0v) is 18.2. The van der Waals surface area contributed by atoms with E-state index in [0.717, 1.165) is 12.8 Å². The van der Waals surface area contributed by atoms with Crippen molar-refractivity contribution in [2.24, 2.45) is 0 Å². The predicted molar refractivity (Wildman–Crippen MR) is 117 cm³/mol. The average Bonchev–Trinajstić information content (AvgIpc) is 3.57. The molecule has 32 heavy (non-hydrogen) atoms. The van der Waals surface area contributed by atoms with Crippen LogP contribution >= 0.6 is 11.8 Å². The van der Waals surface area contributed by atoms with E-state index < -0.39 is 24.2 Å². The number of thioether (sulfide) groups is 1. The van der Waals surface area contributed by atoms with E-state index >= 15 is 0 Å². The zero-order valence-electron chi connectivity index (χ0n) is 17.3. The number of halogens is 2. The van der Waals surface area contributed by atoms with Crippen LogP contribution in [0.2, 0.25) is 0 Å². The van der Waals surface area contributed by atoms with E-state index in [1.54, 1.807) is 48.5 Å². The van der Waals surface area contributed by atoms with Gasteiger partial charge in [-0.25, -0.2) is 4.79 Å². The second-order valence-electron chi connectivity index (χ2n) is 7.24. The lowest BCUT2D eigenvalue weighted by Crippen LogP contribution is -2.40. The number of ether oxygens (including phenoxy) is 1. The van der Waals surface area contributed by atoms with Crippen molar-refractivity contribution in [2.45, 2.75) is 29.5 Å². The molecule has 2 N–H and O–H groups in total. The normalized spacial score (nSPS) is 12.9. The van der Waals surface area contributed by atoms with Crippen LogP contribution in [0.1, 0.15) is 23.2 Å². The van der Waals surface area contributed by atoms with Gasteiger partial charge in [-0.05, 0) is 49.2 Å². The molecule has 0 heterocycles. The number of amides is 2. The zero-order chi connectivity index (χ0) is 23.1. The van der Waals surface area contributed by atoms with E-state index in [9.17, 15) is 23.2 Å². The molecule has 170 valence electrons. The van der Waals surface area contributed by atoms with Crippen LogP contribution in [0.5, 0.6) is 0 Å². The van der Waals surface area contributed by atoms with E-state index in [1.165, 1.54) is 11.9 Å². The maximum absolute atomic E-state index is 12.5. The number of nitrogens with one attached hydrogen (secondary N) is 2. The quantitative estimate of drug-likeness (QED) is 0.413. The molecule has 2 aromatic carbocycles. The summed E-state index contributed by atoms with van der Waals surface area (Å²) in [7, 11) is 1.47. The number of benzene rings is 2. The summed E-state index contributed by atoms with van der Waals surface area (Å²) in [5.41, 5.74) is 1.25. The lowest BCUT2D eigenvalue weighted by molar-refractivity contribution is -0.137. The van der Waals surface area contributed by atoms with Crippen molar-refractivity contribution >= 4 is 40.9 Å². The first kappa shape index (κ1) is 23.5. The molecule has 2 aromatic rings. The number of nitrogens with zero attached hydrogens (tertiary/aromatic N) is 1. The SMILES string of the molecule is CN(CC(=O)NC1CC1)C(=O)COC(=O)c1ccccc1Nc1ccc(SC(F)F)cc1. The van der Waals surface area contributed by atoms with Gasteiger partial charge in [0.2, 0.25) is 5.91 Å². The summed E-state index contributed by atoms with van der Waals surface area (Å²) < 4.78 is 30.0. The number of para-hydroxylation sites is 1. The van der Waals surface area contributed by atoms with Gasteiger partial charge in [-0.15, -0.1) is 0 Å². The number of rotatable bonds is 10. The molecule has 0 saturated heterocycles. The third kappa shape index (κ3) is 7.23. The summed E-state index contributed by atoms with van der Waals surface area (Å²) in [6, 6.07) is 13.1. The smallest absolute Gasteiger partial charge is 0.340 e. The minimum atomic E-state index is -2.50. The summed E-state index contributed by atoms with van der Waals surface area (Å²) in [5.74, 6) is -3.95. The van der Waals surface area contributed by atoms with Crippen LogP contribution in [-0.2, 0) is 14.3 Å². The van der Waals surface area contributed by atoms with Crippen molar-refractivity contribution in [3.63, 3.8) is 0 Å². The molecule has 0 atom stereocenters. The molecule has 0 aliphatic heterocycles. The van der Waals surface area contributed by atoms with Crippen LogP contribution in [0, 0.1) is 0 Å². The minimum Gasteiger partial charge on any atom is -0.452 e. The lowest BCUT2D eigenvalue weighted by Gasteiger charge is -2.17. The first-order valence-corrected chi connectivity index (χ1v) is 10.8. The molecule has 0 radical (unpaired) electrons. The van der Waals surface area contributed by atoms with Crippen LogP contribution in [0.15, 0.2) is 53.4 Å². The maximum Gasteiger partial charge on any atom is 0.340 e. The topological polar surface area (TPSA) is 87.7 Å². The Morgan fingerprint density at radius 1 is 1.12 bits per heavy atom. The molecular formula is C22H23F2N3O4S. The van der Waals surface area contributed by atoms with E-state index in [0.29, 0.717) is 28.0 Å². The summed E-state index contributed by atoms with van der Waals surface area (Å²) in [5, 5.41) is 5.83. The highest BCUT2D eigenvalue weighted by atomic mass is 32.2. The third-order valence-corrected chi connectivity index (χ3v) is 5.30. The highest BCUT2D eigenvalue weighted by molar-refractivity contribution is 7.99. The molecule has 0 spiro atoms. The highest BCUT2D eigenvalue weighted by Crippen LogP contribution is 2.28.